The lowest BCUT2D eigenvalue weighted by molar-refractivity contribution is -0.126. The summed E-state index contributed by atoms with van der Waals surface area (Å²) in [5, 5.41) is 5.81. The minimum Gasteiger partial charge on any atom is -0.352 e. The molecule has 0 heterocycles. The first-order valence-electron chi connectivity index (χ1n) is 9.53. The molecule has 4 nitrogen and oxygen atoms in total. The fraction of sp³-hybridized carbons (Fsp3) is 0.391. The van der Waals surface area contributed by atoms with Gasteiger partial charge in [0.25, 0.3) is 0 Å². The Kier molecular flexibility index (Phi) is 7.17. The van der Waals surface area contributed by atoms with Crippen LogP contribution in [0.5, 0.6) is 0 Å². The fourth-order valence-electron chi connectivity index (χ4n) is 3.09. The number of para-hydroxylation sites is 1. The summed E-state index contributed by atoms with van der Waals surface area (Å²) in [6.45, 7) is 10.8. The molecule has 0 saturated carbocycles. The normalized spacial score (nSPS) is 10.9. The van der Waals surface area contributed by atoms with Crippen molar-refractivity contribution in [3.05, 3.63) is 64.7 Å². The van der Waals surface area contributed by atoms with E-state index in [4.69, 9.17) is 0 Å². The van der Waals surface area contributed by atoms with Gasteiger partial charge in [0.2, 0.25) is 11.8 Å². The van der Waals surface area contributed by atoms with Gasteiger partial charge in [-0.2, -0.15) is 0 Å². The second-order valence-corrected chi connectivity index (χ2v) is 7.55. The van der Waals surface area contributed by atoms with Crippen LogP contribution in [0.1, 0.15) is 68.2 Å². The van der Waals surface area contributed by atoms with Crippen molar-refractivity contribution in [3.63, 3.8) is 0 Å². The van der Waals surface area contributed by atoms with E-state index in [1.165, 1.54) is 0 Å². The summed E-state index contributed by atoms with van der Waals surface area (Å²) in [5.41, 5.74) is 5.21. The lowest BCUT2D eigenvalue weighted by atomic mass is 9.92. The molecule has 0 aliphatic heterocycles. The van der Waals surface area contributed by atoms with Crippen LogP contribution < -0.4 is 10.6 Å². The molecule has 0 aliphatic rings. The maximum atomic E-state index is 12.5. The van der Waals surface area contributed by atoms with Crippen molar-refractivity contribution in [1.82, 2.24) is 5.32 Å². The summed E-state index contributed by atoms with van der Waals surface area (Å²) in [4.78, 5) is 24.7. The molecule has 0 aromatic heterocycles. The van der Waals surface area contributed by atoms with Crippen LogP contribution in [0.4, 0.5) is 5.69 Å². The van der Waals surface area contributed by atoms with Crippen molar-refractivity contribution in [1.29, 1.82) is 0 Å². The van der Waals surface area contributed by atoms with Crippen molar-refractivity contribution in [3.8, 4) is 0 Å². The summed E-state index contributed by atoms with van der Waals surface area (Å²) >= 11 is 0. The number of carbonyl (C=O) groups excluding carboxylic acids is 2. The molecule has 0 aliphatic carbocycles. The number of aryl methyl sites for hydroxylation is 1. The third-order valence-electron chi connectivity index (χ3n) is 4.70. The van der Waals surface area contributed by atoms with Crippen LogP contribution >= 0.6 is 0 Å². The van der Waals surface area contributed by atoms with Gasteiger partial charge in [-0.15, -0.1) is 0 Å². The fourth-order valence-corrected chi connectivity index (χ4v) is 3.09. The van der Waals surface area contributed by atoms with Crippen LogP contribution in [-0.2, 0) is 16.1 Å². The minimum atomic E-state index is -0.285. The number of rotatable bonds is 7. The van der Waals surface area contributed by atoms with Gasteiger partial charge in [-0.05, 0) is 41.0 Å². The van der Waals surface area contributed by atoms with Gasteiger partial charge in [-0.25, -0.2) is 0 Å². The van der Waals surface area contributed by atoms with Crippen molar-refractivity contribution in [2.75, 3.05) is 5.32 Å². The Bertz CT molecular complexity index is 784. The average Bonchev–Trinajstić information content (AvgIpc) is 2.60. The SMILES string of the molecule is Cc1ccccc1CNC(=O)CC(=O)Nc1c(C(C)C)cccc1C(C)C. The number of amides is 2. The molecule has 0 fully saturated rings. The quantitative estimate of drug-likeness (QED) is 0.686. The predicted molar refractivity (Wildman–Crippen MR) is 111 cm³/mol. The topological polar surface area (TPSA) is 58.2 Å². The van der Waals surface area contributed by atoms with Crippen molar-refractivity contribution < 1.29 is 9.59 Å². The highest BCUT2D eigenvalue weighted by Gasteiger charge is 2.17. The Morgan fingerprint density at radius 2 is 1.44 bits per heavy atom. The first-order valence-corrected chi connectivity index (χ1v) is 9.53. The molecule has 4 heteroatoms. The zero-order chi connectivity index (χ0) is 20.0. The van der Waals surface area contributed by atoms with Gasteiger partial charge in [-0.3, -0.25) is 9.59 Å². The molecule has 2 amide bonds. The van der Waals surface area contributed by atoms with Crippen LogP contribution in [0.2, 0.25) is 0 Å². The third-order valence-corrected chi connectivity index (χ3v) is 4.70. The zero-order valence-corrected chi connectivity index (χ0v) is 16.9. The number of anilines is 1. The molecular weight excluding hydrogens is 336 g/mol. The molecule has 0 unspecified atom stereocenters. The van der Waals surface area contributed by atoms with Crippen LogP contribution in [0.15, 0.2) is 42.5 Å². The summed E-state index contributed by atoms with van der Waals surface area (Å²) in [7, 11) is 0. The number of hydrogen-bond donors (Lipinski definition) is 2. The Morgan fingerprint density at radius 3 is 2.00 bits per heavy atom. The molecule has 0 atom stereocenters. The van der Waals surface area contributed by atoms with E-state index < -0.39 is 0 Å². The number of hydrogen-bond acceptors (Lipinski definition) is 2. The second-order valence-electron chi connectivity index (χ2n) is 7.55. The maximum absolute atomic E-state index is 12.5. The summed E-state index contributed by atoms with van der Waals surface area (Å²) in [6.07, 6.45) is -0.185. The zero-order valence-electron chi connectivity index (χ0n) is 16.9. The second kappa shape index (κ2) is 9.36. The maximum Gasteiger partial charge on any atom is 0.233 e. The minimum absolute atomic E-state index is 0.185. The first-order chi connectivity index (χ1) is 12.8. The Balaban J connectivity index is 2.03. The molecule has 144 valence electrons. The molecule has 0 saturated heterocycles. The van der Waals surface area contributed by atoms with E-state index in [1.807, 2.05) is 49.4 Å². The van der Waals surface area contributed by atoms with E-state index in [2.05, 4.69) is 38.3 Å². The molecule has 2 aromatic carbocycles. The molecule has 2 aromatic rings. The lowest BCUT2D eigenvalue weighted by Crippen LogP contribution is -2.28. The van der Waals surface area contributed by atoms with Gasteiger partial charge in [0.05, 0.1) is 0 Å². The van der Waals surface area contributed by atoms with Crippen molar-refractivity contribution >= 4 is 17.5 Å². The van der Waals surface area contributed by atoms with Gasteiger partial charge in [0.1, 0.15) is 6.42 Å². The number of carbonyl (C=O) groups is 2. The average molecular weight is 367 g/mol. The van der Waals surface area contributed by atoms with E-state index in [0.717, 1.165) is 27.9 Å². The molecule has 0 spiro atoms. The van der Waals surface area contributed by atoms with Gasteiger partial charge in [-0.1, -0.05) is 70.2 Å². The summed E-state index contributed by atoms with van der Waals surface area (Å²) in [5.74, 6) is 0.0129. The van der Waals surface area contributed by atoms with Crippen LogP contribution in [0.25, 0.3) is 0 Å². The highest BCUT2D eigenvalue weighted by Crippen LogP contribution is 2.32. The highest BCUT2D eigenvalue weighted by atomic mass is 16.2. The molecular formula is C23H30N2O2. The number of benzene rings is 2. The van der Waals surface area contributed by atoms with Crippen LogP contribution in [-0.4, -0.2) is 11.8 Å². The summed E-state index contributed by atoms with van der Waals surface area (Å²) < 4.78 is 0. The van der Waals surface area contributed by atoms with Gasteiger partial charge < -0.3 is 10.6 Å². The van der Waals surface area contributed by atoms with E-state index in [0.29, 0.717) is 6.54 Å². The van der Waals surface area contributed by atoms with Crippen LogP contribution in [0, 0.1) is 6.92 Å². The van der Waals surface area contributed by atoms with Gasteiger partial charge in [0.15, 0.2) is 0 Å². The molecule has 2 rings (SSSR count). The van der Waals surface area contributed by atoms with Crippen LogP contribution in [0.3, 0.4) is 0 Å². The van der Waals surface area contributed by atoms with E-state index in [1.54, 1.807) is 0 Å². The molecule has 2 N–H and O–H groups in total. The molecule has 0 bridgehead atoms. The lowest BCUT2D eigenvalue weighted by Gasteiger charge is -2.20. The Hall–Kier alpha value is -2.62. The first kappa shape index (κ1) is 20.7. The van der Waals surface area contributed by atoms with Crippen molar-refractivity contribution in [2.24, 2.45) is 0 Å². The Labute approximate surface area is 162 Å². The summed E-state index contributed by atoms with van der Waals surface area (Å²) in [6, 6.07) is 14.0. The monoisotopic (exact) mass is 366 g/mol. The van der Waals surface area contributed by atoms with Gasteiger partial charge in [0, 0.05) is 12.2 Å². The van der Waals surface area contributed by atoms with E-state index in [9.17, 15) is 9.59 Å². The third kappa shape index (κ3) is 5.68. The molecule has 0 radical (unpaired) electrons. The van der Waals surface area contributed by atoms with E-state index >= 15 is 0 Å². The van der Waals surface area contributed by atoms with Gasteiger partial charge >= 0.3 is 0 Å². The Morgan fingerprint density at radius 1 is 0.852 bits per heavy atom. The van der Waals surface area contributed by atoms with Crippen molar-refractivity contribution in [2.45, 2.75) is 59.4 Å². The molecule has 27 heavy (non-hydrogen) atoms. The number of nitrogens with one attached hydrogen (secondary N) is 2. The highest BCUT2D eigenvalue weighted by molar-refractivity contribution is 6.04. The van der Waals surface area contributed by atoms with E-state index in [-0.39, 0.29) is 30.1 Å². The standard InChI is InChI=1S/C23H30N2O2/c1-15(2)19-11-8-12-20(16(3)4)23(19)25-22(27)13-21(26)24-14-18-10-7-6-9-17(18)5/h6-12,15-16H,13-14H2,1-5H3,(H,24,26)(H,25,27). The smallest absolute Gasteiger partial charge is 0.233 e. The predicted octanol–water partition coefficient (Wildman–Crippen LogP) is 4.89. The largest absolute Gasteiger partial charge is 0.352 e.